The monoisotopic (exact) mass is 291 g/mol. The van der Waals surface area contributed by atoms with E-state index in [0.29, 0.717) is 6.10 Å². The summed E-state index contributed by atoms with van der Waals surface area (Å²) >= 11 is 0. The summed E-state index contributed by atoms with van der Waals surface area (Å²) in [6.45, 7) is 4.77. The Labute approximate surface area is 129 Å². The van der Waals surface area contributed by atoms with Gasteiger partial charge in [0.15, 0.2) is 0 Å². The first-order valence-corrected chi connectivity index (χ1v) is 8.28. The molecular weight excluding hydrogens is 262 g/mol. The van der Waals surface area contributed by atoms with E-state index < -0.39 is 0 Å². The zero-order valence-electron chi connectivity index (χ0n) is 13.4. The van der Waals surface area contributed by atoms with Crippen LogP contribution in [0, 0.1) is 5.92 Å². The van der Waals surface area contributed by atoms with Gasteiger partial charge in [-0.05, 0) is 49.3 Å². The van der Waals surface area contributed by atoms with Crippen molar-refractivity contribution in [2.75, 3.05) is 20.3 Å². The van der Waals surface area contributed by atoms with Gasteiger partial charge in [-0.15, -0.1) is 0 Å². The number of nitrogens with one attached hydrogen (secondary N) is 1. The molecule has 21 heavy (non-hydrogen) atoms. The molecule has 0 radical (unpaired) electrons. The Balaban J connectivity index is 1.87. The maximum Gasteiger partial charge on any atom is 0.120 e. The van der Waals surface area contributed by atoms with E-state index in [-0.39, 0.29) is 0 Å². The number of rotatable bonds is 8. The van der Waals surface area contributed by atoms with Crippen LogP contribution in [0.5, 0.6) is 5.75 Å². The lowest BCUT2D eigenvalue weighted by Gasteiger charge is -2.31. The Kier molecular flexibility index (Phi) is 7.04. The summed E-state index contributed by atoms with van der Waals surface area (Å²) in [6, 6.07) is 8.48. The van der Waals surface area contributed by atoms with E-state index in [1.807, 2.05) is 0 Å². The van der Waals surface area contributed by atoms with Gasteiger partial charge in [0, 0.05) is 20.2 Å². The van der Waals surface area contributed by atoms with Crippen molar-refractivity contribution in [2.45, 2.75) is 51.7 Å². The molecule has 1 N–H and O–H groups in total. The predicted molar refractivity (Wildman–Crippen MR) is 86.7 cm³/mol. The fourth-order valence-electron chi connectivity index (χ4n) is 3.11. The second-order valence-electron chi connectivity index (χ2n) is 5.93. The first-order valence-electron chi connectivity index (χ1n) is 8.28. The van der Waals surface area contributed by atoms with Crippen molar-refractivity contribution in [3.63, 3.8) is 0 Å². The molecule has 1 aromatic carbocycles. The molecule has 1 aromatic rings. The van der Waals surface area contributed by atoms with Gasteiger partial charge >= 0.3 is 0 Å². The van der Waals surface area contributed by atoms with E-state index in [1.165, 1.54) is 37.7 Å². The summed E-state index contributed by atoms with van der Waals surface area (Å²) in [6.07, 6.45) is 6.82. The molecule has 0 bridgehead atoms. The quantitative estimate of drug-likeness (QED) is 0.740. The molecular formula is C18H29NO2. The molecule has 2 atom stereocenters. The second kappa shape index (κ2) is 9.06. The van der Waals surface area contributed by atoms with Crippen LogP contribution in [0.3, 0.4) is 0 Å². The van der Waals surface area contributed by atoms with Gasteiger partial charge in [-0.1, -0.05) is 25.5 Å². The Bertz CT molecular complexity index is 408. The number of methoxy groups -OCH3 is 1. The van der Waals surface area contributed by atoms with Crippen molar-refractivity contribution in [3.05, 3.63) is 29.8 Å². The largest absolute Gasteiger partial charge is 0.490 e. The maximum atomic E-state index is 6.27. The third kappa shape index (κ3) is 5.33. The lowest BCUT2D eigenvalue weighted by atomic mass is 9.85. The highest BCUT2D eigenvalue weighted by atomic mass is 16.5. The van der Waals surface area contributed by atoms with Gasteiger partial charge in [-0.3, -0.25) is 0 Å². The van der Waals surface area contributed by atoms with Crippen LogP contribution in [0.15, 0.2) is 24.3 Å². The summed E-state index contributed by atoms with van der Waals surface area (Å²) < 4.78 is 11.3. The van der Waals surface area contributed by atoms with E-state index >= 15 is 0 Å². The summed E-state index contributed by atoms with van der Waals surface area (Å²) in [5.74, 6) is 1.74. The molecule has 0 aromatic heterocycles. The fourth-order valence-corrected chi connectivity index (χ4v) is 3.11. The van der Waals surface area contributed by atoms with Gasteiger partial charge in [-0.2, -0.15) is 0 Å². The van der Waals surface area contributed by atoms with Gasteiger partial charge in [0.1, 0.15) is 11.9 Å². The molecule has 2 unspecified atom stereocenters. The zero-order valence-corrected chi connectivity index (χ0v) is 13.4. The van der Waals surface area contributed by atoms with Gasteiger partial charge in [0.2, 0.25) is 0 Å². The first-order chi connectivity index (χ1) is 10.3. The van der Waals surface area contributed by atoms with Crippen molar-refractivity contribution < 1.29 is 9.47 Å². The molecule has 3 nitrogen and oxygen atoms in total. The van der Waals surface area contributed by atoms with E-state index in [1.54, 1.807) is 7.11 Å². The number of hydrogen-bond acceptors (Lipinski definition) is 3. The van der Waals surface area contributed by atoms with E-state index in [2.05, 4.69) is 36.5 Å². The third-order valence-electron chi connectivity index (χ3n) is 4.36. The van der Waals surface area contributed by atoms with Gasteiger partial charge in [-0.25, -0.2) is 0 Å². The highest BCUT2D eigenvalue weighted by Gasteiger charge is 2.25. The van der Waals surface area contributed by atoms with Crippen molar-refractivity contribution >= 4 is 0 Å². The minimum absolute atomic E-state index is 0.403. The number of benzene rings is 1. The molecule has 0 heterocycles. The molecule has 0 spiro atoms. The van der Waals surface area contributed by atoms with E-state index in [4.69, 9.17) is 9.47 Å². The van der Waals surface area contributed by atoms with Crippen LogP contribution >= 0.6 is 0 Å². The standard InChI is InChI=1S/C18H29NO2/c1-3-16-8-4-5-10-18(16)21-17-9-6-7-15(13-17)14-19-11-12-20-2/h6-7,9,13,16,18-19H,3-5,8,10-12,14H2,1-2H3. The summed E-state index contributed by atoms with van der Waals surface area (Å²) in [5.41, 5.74) is 1.27. The van der Waals surface area contributed by atoms with Crippen molar-refractivity contribution in [1.82, 2.24) is 5.32 Å². The van der Waals surface area contributed by atoms with Crippen LogP contribution in [0.4, 0.5) is 0 Å². The average molecular weight is 291 g/mol. The van der Waals surface area contributed by atoms with Crippen LogP contribution < -0.4 is 10.1 Å². The number of ether oxygens (including phenoxy) is 2. The number of hydrogen-bond donors (Lipinski definition) is 1. The summed E-state index contributed by atoms with van der Waals surface area (Å²) in [7, 11) is 1.73. The maximum absolute atomic E-state index is 6.27. The van der Waals surface area contributed by atoms with Crippen LogP contribution in [0.2, 0.25) is 0 Å². The molecule has 0 amide bonds. The molecule has 118 valence electrons. The molecule has 0 saturated heterocycles. The molecule has 0 aliphatic heterocycles. The topological polar surface area (TPSA) is 30.5 Å². The Hall–Kier alpha value is -1.06. The third-order valence-corrected chi connectivity index (χ3v) is 4.36. The van der Waals surface area contributed by atoms with Gasteiger partial charge in [0.05, 0.1) is 6.61 Å². The van der Waals surface area contributed by atoms with Crippen LogP contribution in [-0.2, 0) is 11.3 Å². The van der Waals surface area contributed by atoms with Crippen molar-refractivity contribution in [2.24, 2.45) is 5.92 Å². The highest BCUT2D eigenvalue weighted by Crippen LogP contribution is 2.30. The van der Waals surface area contributed by atoms with E-state index in [9.17, 15) is 0 Å². The van der Waals surface area contributed by atoms with Gasteiger partial charge in [0.25, 0.3) is 0 Å². The SMILES string of the molecule is CCC1CCCCC1Oc1cccc(CNCCOC)c1. The Morgan fingerprint density at radius 3 is 2.90 bits per heavy atom. The average Bonchev–Trinajstić information content (AvgIpc) is 2.52. The smallest absolute Gasteiger partial charge is 0.120 e. The van der Waals surface area contributed by atoms with Crippen molar-refractivity contribution in [3.8, 4) is 5.75 Å². The molecule has 2 rings (SSSR count). The fraction of sp³-hybridized carbons (Fsp3) is 0.667. The normalized spacial score (nSPS) is 22.2. The Morgan fingerprint density at radius 2 is 2.10 bits per heavy atom. The summed E-state index contributed by atoms with van der Waals surface area (Å²) in [4.78, 5) is 0. The van der Waals surface area contributed by atoms with Crippen LogP contribution in [-0.4, -0.2) is 26.4 Å². The zero-order chi connectivity index (χ0) is 14.9. The van der Waals surface area contributed by atoms with Crippen LogP contribution in [0.25, 0.3) is 0 Å². The van der Waals surface area contributed by atoms with E-state index in [0.717, 1.165) is 31.4 Å². The second-order valence-corrected chi connectivity index (χ2v) is 5.93. The Morgan fingerprint density at radius 1 is 1.24 bits per heavy atom. The lowest BCUT2D eigenvalue weighted by molar-refractivity contribution is 0.0903. The highest BCUT2D eigenvalue weighted by molar-refractivity contribution is 5.28. The van der Waals surface area contributed by atoms with Crippen molar-refractivity contribution in [1.29, 1.82) is 0 Å². The molecule has 1 fully saturated rings. The minimum atomic E-state index is 0.403. The van der Waals surface area contributed by atoms with Gasteiger partial charge < -0.3 is 14.8 Å². The molecule has 1 saturated carbocycles. The summed E-state index contributed by atoms with van der Waals surface area (Å²) in [5, 5.41) is 3.37. The van der Waals surface area contributed by atoms with Crippen LogP contribution in [0.1, 0.15) is 44.6 Å². The molecule has 1 aliphatic rings. The minimum Gasteiger partial charge on any atom is -0.490 e. The lowest BCUT2D eigenvalue weighted by Crippen LogP contribution is -2.29. The predicted octanol–water partition coefficient (Wildman–Crippen LogP) is 3.77. The first kappa shape index (κ1) is 16.3. The molecule has 3 heteroatoms. The molecule has 1 aliphatic carbocycles.